The van der Waals surface area contributed by atoms with Gasteiger partial charge in [-0.3, -0.25) is 0 Å². The maximum Gasteiger partial charge on any atom is 0.237 e. The smallest absolute Gasteiger partial charge is 0.237 e. The third-order valence-corrected chi connectivity index (χ3v) is 6.29. The van der Waals surface area contributed by atoms with Gasteiger partial charge in [-0.05, 0) is 62.6 Å². The first-order chi connectivity index (χ1) is 11.9. The van der Waals surface area contributed by atoms with Crippen LogP contribution >= 0.6 is 0 Å². The number of aromatic nitrogens is 2. The molecule has 0 aliphatic heterocycles. The molecule has 25 heavy (non-hydrogen) atoms. The first-order valence-electron chi connectivity index (χ1n) is 8.97. The third-order valence-electron chi connectivity index (χ3n) is 6.29. The minimum Gasteiger partial charge on any atom is -0.497 e. The molecular formula is C20H26N2O3. The van der Waals surface area contributed by atoms with E-state index in [0.717, 1.165) is 24.5 Å². The molecule has 1 heterocycles. The van der Waals surface area contributed by atoms with Crippen molar-refractivity contribution >= 4 is 0 Å². The molecule has 0 unspecified atom stereocenters. The van der Waals surface area contributed by atoms with Gasteiger partial charge in [-0.2, -0.15) is 4.98 Å². The van der Waals surface area contributed by atoms with Crippen molar-refractivity contribution in [3.8, 4) is 5.75 Å². The van der Waals surface area contributed by atoms with Crippen LogP contribution in [0.5, 0.6) is 5.75 Å². The van der Waals surface area contributed by atoms with E-state index >= 15 is 0 Å². The van der Waals surface area contributed by atoms with E-state index in [1.165, 1.54) is 24.8 Å². The highest BCUT2D eigenvalue weighted by atomic mass is 16.5. The van der Waals surface area contributed by atoms with Crippen LogP contribution in [0.4, 0.5) is 0 Å². The van der Waals surface area contributed by atoms with Crippen LogP contribution in [-0.4, -0.2) is 24.4 Å². The van der Waals surface area contributed by atoms with E-state index in [1.807, 2.05) is 26.0 Å². The first kappa shape index (κ1) is 16.6. The molecule has 4 rings (SSSR count). The van der Waals surface area contributed by atoms with Crippen molar-refractivity contribution < 1.29 is 14.0 Å². The Balaban J connectivity index is 1.72. The average Bonchev–Trinajstić information content (AvgIpc) is 3.04. The zero-order valence-corrected chi connectivity index (χ0v) is 15.5. The molecule has 0 atom stereocenters. The van der Waals surface area contributed by atoms with E-state index in [0.29, 0.717) is 11.2 Å². The summed E-state index contributed by atoms with van der Waals surface area (Å²) in [6.07, 6.45) is 6.14. The minimum absolute atomic E-state index is 0.179. The summed E-state index contributed by atoms with van der Waals surface area (Å²) < 4.78 is 16.6. The molecule has 1 spiro atoms. The number of ether oxygens (including phenoxy) is 2. The summed E-state index contributed by atoms with van der Waals surface area (Å²) in [6, 6.07) is 8.30. The van der Waals surface area contributed by atoms with Crippen LogP contribution in [-0.2, 0) is 15.8 Å². The molecule has 1 aromatic heterocycles. The Bertz CT molecular complexity index is 752. The first-order valence-corrected chi connectivity index (χ1v) is 8.97. The third kappa shape index (κ3) is 2.48. The fraction of sp³-hybridized carbons (Fsp3) is 0.600. The van der Waals surface area contributed by atoms with Crippen LogP contribution in [0.15, 0.2) is 28.8 Å². The Morgan fingerprint density at radius 3 is 2.28 bits per heavy atom. The van der Waals surface area contributed by atoms with Gasteiger partial charge in [0.25, 0.3) is 0 Å². The number of benzene rings is 1. The van der Waals surface area contributed by atoms with Crippen LogP contribution in [0.3, 0.4) is 0 Å². The Kier molecular flexibility index (Phi) is 3.69. The summed E-state index contributed by atoms with van der Waals surface area (Å²) in [5, 5.41) is 4.22. The molecule has 134 valence electrons. The number of methoxy groups -OCH3 is 2. The second-order valence-electron chi connectivity index (χ2n) is 8.16. The van der Waals surface area contributed by atoms with Crippen molar-refractivity contribution in [2.24, 2.45) is 5.41 Å². The summed E-state index contributed by atoms with van der Waals surface area (Å²) >= 11 is 0. The standard InChI is InChI=1S/C20H26N2O3/c1-18(2,24-4)16-21-17(25-22-16)20(12-19(13-20)10-5-11-19)14-6-8-15(23-3)9-7-14/h6-9H,5,10-13H2,1-4H3. The lowest BCUT2D eigenvalue weighted by Crippen LogP contribution is -2.53. The van der Waals surface area contributed by atoms with E-state index in [4.69, 9.17) is 19.0 Å². The van der Waals surface area contributed by atoms with Gasteiger partial charge in [0.1, 0.15) is 11.4 Å². The molecule has 5 heteroatoms. The molecule has 2 aliphatic carbocycles. The normalized spacial score (nSPS) is 20.8. The van der Waals surface area contributed by atoms with E-state index < -0.39 is 5.60 Å². The lowest BCUT2D eigenvalue weighted by Gasteiger charge is -2.59. The average molecular weight is 342 g/mol. The van der Waals surface area contributed by atoms with Crippen molar-refractivity contribution in [1.29, 1.82) is 0 Å². The molecule has 0 saturated heterocycles. The molecule has 0 N–H and O–H groups in total. The van der Waals surface area contributed by atoms with Gasteiger partial charge in [0, 0.05) is 7.11 Å². The lowest BCUT2D eigenvalue weighted by molar-refractivity contribution is -0.0425. The van der Waals surface area contributed by atoms with Crippen LogP contribution in [0.2, 0.25) is 0 Å². The molecule has 0 amide bonds. The number of rotatable bonds is 5. The Morgan fingerprint density at radius 1 is 1.08 bits per heavy atom. The summed E-state index contributed by atoms with van der Waals surface area (Å²) in [4.78, 5) is 4.76. The molecule has 5 nitrogen and oxygen atoms in total. The highest BCUT2D eigenvalue weighted by Gasteiger charge is 2.61. The summed E-state index contributed by atoms with van der Waals surface area (Å²) in [5.41, 5.74) is 0.977. The van der Waals surface area contributed by atoms with E-state index in [2.05, 4.69) is 17.3 Å². The fourth-order valence-electron chi connectivity index (χ4n) is 4.40. The Morgan fingerprint density at radius 2 is 1.76 bits per heavy atom. The largest absolute Gasteiger partial charge is 0.497 e. The number of hydrogen-bond donors (Lipinski definition) is 0. The van der Waals surface area contributed by atoms with Crippen molar-refractivity contribution in [2.45, 2.75) is 57.0 Å². The highest BCUT2D eigenvalue weighted by molar-refractivity contribution is 5.41. The van der Waals surface area contributed by atoms with Crippen LogP contribution < -0.4 is 4.74 Å². The van der Waals surface area contributed by atoms with Crippen LogP contribution in [0.25, 0.3) is 0 Å². The molecule has 2 aromatic rings. The quantitative estimate of drug-likeness (QED) is 0.814. The highest BCUT2D eigenvalue weighted by Crippen LogP contribution is 2.66. The summed E-state index contributed by atoms with van der Waals surface area (Å²) in [6.45, 7) is 3.91. The minimum atomic E-state index is -0.555. The molecule has 2 fully saturated rings. The van der Waals surface area contributed by atoms with Crippen molar-refractivity contribution in [2.75, 3.05) is 14.2 Å². The van der Waals surface area contributed by atoms with Gasteiger partial charge in [-0.15, -0.1) is 0 Å². The van der Waals surface area contributed by atoms with Crippen LogP contribution in [0.1, 0.15) is 63.2 Å². The zero-order valence-electron chi connectivity index (χ0n) is 15.5. The summed E-state index contributed by atoms with van der Waals surface area (Å²) in [5.74, 6) is 2.19. The van der Waals surface area contributed by atoms with Gasteiger partial charge >= 0.3 is 0 Å². The van der Waals surface area contributed by atoms with Gasteiger partial charge in [0.05, 0.1) is 12.5 Å². The van der Waals surface area contributed by atoms with Gasteiger partial charge in [0.15, 0.2) is 0 Å². The van der Waals surface area contributed by atoms with E-state index in [-0.39, 0.29) is 5.41 Å². The van der Waals surface area contributed by atoms with Gasteiger partial charge in [0.2, 0.25) is 11.7 Å². The van der Waals surface area contributed by atoms with Crippen molar-refractivity contribution in [1.82, 2.24) is 10.1 Å². The lowest BCUT2D eigenvalue weighted by atomic mass is 9.43. The second-order valence-corrected chi connectivity index (χ2v) is 8.16. The Labute approximate surface area is 148 Å². The molecule has 2 saturated carbocycles. The van der Waals surface area contributed by atoms with Crippen molar-refractivity contribution in [3.63, 3.8) is 0 Å². The van der Waals surface area contributed by atoms with Crippen molar-refractivity contribution in [3.05, 3.63) is 41.5 Å². The second kappa shape index (κ2) is 5.56. The summed E-state index contributed by atoms with van der Waals surface area (Å²) in [7, 11) is 3.36. The molecule has 1 aromatic carbocycles. The van der Waals surface area contributed by atoms with E-state index in [1.54, 1.807) is 14.2 Å². The predicted octanol–water partition coefficient (Wildman–Crippen LogP) is 4.21. The zero-order chi connectivity index (χ0) is 17.7. The molecular weight excluding hydrogens is 316 g/mol. The molecule has 0 bridgehead atoms. The van der Waals surface area contributed by atoms with E-state index in [9.17, 15) is 0 Å². The van der Waals surface area contributed by atoms with Crippen LogP contribution in [0, 0.1) is 5.41 Å². The monoisotopic (exact) mass is 342 g/mol. The predicted molar refractivity (Wildman–Crippen MR) is 93.6 cm³/mol. The SMILES string of the molecule is COc1ccc(C2(c3nc(C(C)(C)OC)no3)CC3(CCC3)C2)cc1. The van der Waals surface area contributed by atoms with Gasteiger partial charge in [-0.1, -0.05) is 23.7 Å². The molecule has 0 radical (unpaired) electrons. The number of nitrogens with zero attached hydrogens (tertiary/aromatic N) is 2. The topological polar surface area (TPSA) is 57.4 Å². The molecule has 2 aliphatic rings. The fourth-order valence-corrected chi connectivity index (χ4v) is 4.40. The maximum absolute atomic E-state index is 5.76. The van der Waals surface area contributed by atoms with Gasteiger partial charge in [-0.25, -0.2) is 0 Å². The number of hydrogen-bond acceptors (Lipinski definition) is 5. The van der Waals surface area contributed by atoms with Gasteiger partial charge < -0.3 is 14.0 Å². The Hall–Kier alpha value is -1.88. The maximum atomic E-state index is 5.76.